The third kappa shape index (κ3) is 3.42. The molecule has 2 aliphatic carbocycles. The van der Waals surface area contributed by atoms with E-state index in [1.54, 1.807) is 4.31 Å². The van der Waals surface area contributed by atoms with Crippen molar-refractivity contribution in [3.63, 3.8) is 0 Å². The van der Waals surface area contributed by atoms with E-state index in [1.165, 1.54) is 6.42 Å². The molecular weight excluding hydrogens is 288 g/mol. The number of carbonyl (C=O) groups excluding carboxylic acids is 1. The van der Waals surface area contributed by atoms with Crippen LogP contribution < -0.4 is 5.32 Å². The Morgan fingerprint density at radius 1 is 1.14 bits per heavy atom. The number of hydrogen-bond acceptors (Lipinski definition) is 3. The molecule has 2 atom stereocenters. The summed E-state index contributed by atoms with van der Waals surface area (Å²) < 4.78 is 25.6. The summed E-state index contributed by atoms with van der Waals surface area (Å²) in [5.74, 6) is 2.30. The standard InChI is InChI=1S/C15H26N2O3S/c1-2-7-21(19,20)17-5-3-14(4-6-17)16-15(18)13-9-11-8-12(11)10-13/h11-14H,2-10H2,1H3,(H,16,18). The number of nitrogens with one attached hydrogen (secondary N) is 1. The van der Waals surface area contributed by atoms with Crippen LogP contribution in [-0.2, 0) is 14.8 Å². The van der Waals surface area contributed by atoms with Crippen LogP contribution in [0.2, 0.25) is 0 Å². The van der Waals surface area contributed by atoms with Gasteiger partial charge in [-0.05, 0) is 50.4 Å². The Kier molecular flexibility index (Phi) is 4.28. The van der Waals surface area contributed by atoms with Crippen molar-refractivity contribution in [2.45, 2.75) is 51.5 Å². The van der Waals surface area contributed by atoms with E-state index in [-0.39, 0.29) is 23.6 Å². The van der Waals surface area contributed by atoms with Crippen LogP contribution in [0.3, 0.4) is 0 Å². The largest absolute Gasteiger partial charge is 0.353 e. The summed E-state index contributed by atoms with van der Waals surface area (Å²) in [5, 5.41) is 3.15. The summed E-state index contributed by atoms with van der Waals surface area (Å²) in [6.07, 6.45) is 5.61. The Balaban J connectivity index is 1.44. The third-order valence-corrected chi connectivity index (χ3v) is 7.35. The first kappa shape index (κ1) is 15.3. The van der Waals surface area contributed by atoms with Crippen LogP contribution in [-0.4, -0.2) is 43.5 Å². The van der Waals surface area contributed by atoms with E-state index >= 15 is 0 Å². The number of nitrogens with zero attached hydrogens (tertiary/aromatic N) is 1. The molecule has 0 aromatic carbocycles. The Bertz CT molecular complexity index is 487. The summed E-state index contributed by atoms with van der Waals surface area (Å²) in [5.41, 5.74) is 0. The minimum absolute atomic E-state index is 0.155. The molecule has 3 aliphatic rings. The molecule has 0 aromatic heterocycles. The molecule has 5 nitrogen and oxygen atoms in total. The molecule has 1 amide bonds. The molecule has 1 N–H and O–H groups in total. The van der Waals surface area contributed by atoms with Gasteiger partial charge in [0.05, 0.1) is 5.75 Å². The van der Waals surface area contributed by atoms with E-state index in [4.69, 9.17) is 0 Å². The van der Waals surface area contributed by atoms with Gasteiger partial charge in [0, 0.05) is 25.0 Å². The average molecular weight is 314 g/mol. The Labute approximate surface area is 127 Å². The number of rotatable bonds is 5. The van der Waals surface area contributed by atoms with Crippen molar-refractivity contribution in [1.29, 1.82) is 0 Å². The monoisotopic (exact) mass is 314 g/mol. The van der Waals surface area contributed by atoms with E-state index < -0.39 is 10.0 Å². The van der Waals surface area contributed by atoms with Crippen molar-refractivity contribution in [3.8, 4) is 0 Å². The summed E-state index contributed by atoms with van der Waals surface area (Å²) in [4.78, 5) is 12.2. The molecule has 1 saturated heterocycles. The molecule has 21 heavy (non-hydrogen) atoms. The Hall–Kier alpha value is -0.620. The lowest BCUT2D eigenvalue weighted by Crippen LogP contribution is -2.48. The van der Waals surface area contributed by atoms with Gasteiger partial charge in [-0.3, -0.25) is 4.79 Å². The van der Waals surface area contributed by atoms with Gasteiger partial charge in [0.2, 0.25) is 15.9 Å². The molecule has 3 fully saturated rings. The Morgan fingerprint density at radius 3 is 2.33 bits per heavy atom. The SMILES string of the molecule is CCCS(=O)(=O)N1CCC(NC(=O)C2CC3CC3C2)CC1. The fourth-order valence-corrected chi connectivity index (χ4v) is 5.45. The lowest BCUT2D eigenvalue weighted by atomic mass is 10.0. The van der Waals surface area contributed by atoms with E-state index in [1.807, 2.05) is 6.92 Å². The van der Waals surface area contributed by atoms with Crippen LogP contribution in [0.25, 0.3) is 0 Å². The number of carbonyl (C=O) groups is 1. The fraction of sp³-hybridized carbons (Fsp3) is 0.933. The first-order chi connectivity index (χ1) is 9.99. The molecule has 0 spiro atoms. The zero-order valence-corrected chi connectivity index (χ0v) is 13.6. The molecule has 120 valence electrons. The van der Waals surface area contributed by atoms with Gasteiger partial charge in [-0.1, -0.05) is 6.92 Å². The lowest BCUT2D eigenvalue weighted by molar-refractivity contribution is -0.126. The van der Waals surface area contributed by atoms with Crippen LogP contribution in [0.5, 0.6) is 0 Å². The number of hydrogen-bond donors (Lipinski definition) is 1. The van der Waals surface area contributed by atoms with Gasteiger partial charge in [-0.25, -0.2) is 12.7 Å². The van der Waals surface area contributed by atoms with Crippen LogP contribution in [0.15, 0.2) is 0 Å². The van der Waals surface area contributed by atoms with Gasteiger partial charge in [-0.15, -0.1) is 0 Å². The van der Waals surface area contributed by atoms with Crippen LogP contribution >= 0.6 is 0 Å². The van der Waals surface area contributed by atoms with Gasteiger partial charge >= 0.3 is 0 Å². The highest BCUT2D eigenvalue weighted by molar-refractivity contribution is 7.89. The van der Waals surface area contributed by atoms with E-state index in [9.17, 15) is 13.2 Å². The van der Waals surface area contributed by atoms with Crippen molar-refractivity contribution in [1.82, 2.24) is 9.62 Å². The van der Waals surface area contributed by atoms with Gasteiger partial charge < -0.3 is 5.32 Å². The van der Waals surface area contributed by atoms with E-state index in [0.717, 1.165) is 37.5 Å². The number of sulfonamides is 1. The summed E-state index contributed by atoms with van der Waals surface area (Å²) >= 11 is 0. The smallest absolute Gasteiger partial charge is 0.223 e. The van der Waals surface area contributed by atoms with Crippen LogP contribution in [0.4, 0.5) is 0 Å². The van der Waals surface area contributed by atoms with E-state index in [2.05, 4.69) is 5.32 Å². The fourth-order valence-electron chi connectivity index (χ4n) is 3.91. The average Bonchev–Trinajstić information content (AvgIpc) is 3.05. The molecule has 0 radical (unpaired) electrons. The highest BCUT2D eigenvalue weighted by Crippen LogP contribution is 2.54. The second kappa shape index (κ2) is 5.88. The van der Waals surface area contributed by atoms with Crippen molar-refractivity contribution in [2.75, 3.05) is 18.8 Å². The number of piperidine rings is 1. The predicted molar refractivity (Wildman–Crippen MR) is 81.1 cm³/mol. The van der Waals surface area contributed by atoms with Gasteiger partial charge in [-0.2, -0.15) is 0 Å². The second-order valence-corrected chi connectivity index (χ2v) is 9.01. The molecule has 3 rings (SSSR count). The van der Waals surface area contributed by atoms with Crippen molar-refractivity contribution >= 4 is 15.9 Å². The van der Waals surface area contributed by atoms with Gasteiger partial charge in [0.1, 0.15) is 0 Å². The molecule has 0 bridgehead atoms. The highest BCUT2D eigenvalue weighted by atomic mass is 32.2. The lowest BCUT2D eigenvalue weighted by Gasteiger charge is -2.32. The highest BCUT2D eigenvalue weighted by Gasteiger charge is 2.48. The maximum Gasteiger partial charge on any atom is 0.223 e. The van der Waals surface area contributed by atoms with Crippen molar-refractivity contribution < 1.29 is 13.2 Å². The maximum atomic E-state index is 12.2. The van der Waals surface area contributed by atoms with Crippen molar-refractivity contribution in [2.24, 2.45) is 17.8 Å². The topological polar surface area (TPSA) is 66.5 Å². The van der Waals surface area contributed by atoms with Crippen LogP contribution in [0.1, 0.15) is 45.4 Å². The summed E-state index contributed by atoms with van der Waals surface area (Å²) in [7, 11) is -3.08. The second-order valence-electron chi connectivity index (χ2n) is 6.92. The van der Waals surface area contributed by atoms with E-state index in [0.29, 0.717) is 19.5 Å². The summed E-state index contributed by atoms with van der Waals surface area (Å²) in [6, 6.07) is 0.155. The molecule has 1 aliphatic heterocycles. The molecule has 6 heteroatoms. The minimum atomic E-state index is -3.08. The quantitative estimate of drug-likeness (QED) is 0.833. The normalized spacial score (nSPS) is 33.7. The predicted octanol–water partition coefficient (Wildman–Crippen LogP) is 1.35. The first-order valence-electron chi connectivity index (χ1n) is 8.27. The number of amides is 1. The van der Waals surface area contributed by atoms with Gasteiger partial charge in [0.15, 0.2) is 0 Å². The van der Waals surface area contributed by atoms with Gasteiger partial charge in [0.25, 0.3) is 0 Å². The molecule has 0 aromatic rings. The zero-order chi connectivity index (χ0) is 15.0. The molecule has 2 saturated carbocycles. The minimum Gasteiger partial charge on any atom is -0.353 e. The maximum absolute atomic E-state index is 12.2. The van der Waals surface area contributed by atoms with Crippen molar-refractivity contribution in [3.05, 3.63) is 0 Å². The number of fused-ring (bicyclic) bond motifs is 1. The third-order valence-electron chi connectivity index (χ3n) is 5.27. The molecular formula is C15H26N2O3S. The first-order valence-corrected chi connectivity index (χ1v) is 9.88. The molecule has 1 heterocycles. The Morgan fingerprint density at radius 2 is 1.76 bits per heavy atom. The summed E-state index contributed by atoms with van der Waals surface area (Å²) in [6.45, 7) is 2.98. The van der Waals surface area contributed by atoms with Crippen LogP contribution in [0, 0.1) is 17.8 Å². The molecule has 2 unspecified atom stereocenters. The zero-order valence-electron chi connectivity index (χ0n) is 12.8.